The lowest BCUT2D eigenvalue weighted by Crippen LogP contribution is -2.38. The van der Waals surface area contributed by atoms with Crippen LogP contribution in [0.2, 0.25) is 0 Å². The second-order valence-electron chi connectivity index (χ2n) is 7.94. The van der Waals surface area contributed by atoms with E-state index in [-0.39, 0.29) is 18.0 Å². The molecule has 0 bridgehead atoms. The Morgan fingerprint density at radius 1 is 0.969 bits per heavy atom. The van der Waals surface area contributed by atoms with Gasteiger partial charge in [-0.05, 0) is 54.8 Å². The first-order valence-corrected chi connectivity index (χ1v) is 10.9. The van der Waals surface area contributed by atoms with Crippen LogP contribution in [0.1, 0.15) is 40.5 Å². The quantitative estimate of drug-likeness (QED) is 0.579. The number of carbonyl (C=O) groups is 1. The molecule has 1 saturated heterocycles. The van der Waals surface area contributed by atoms with Crippen LogP contribution < -0.4 is 16.2 Å². The van der Waals surface area contributed by atoms with Crippen LogP contribution in [-0.4, -0.2) is 35.1 Å². The van der Waals surface area contributed by atoms with Crippen LogP contribution in [0.4, 0.5) is 0 Å². The summed E-state index contributed by atoms with van der Waals surface area (Å²) in [5, 5.41) is 3.10. The number of nitrogens with zero attached hydrogens (tertiary/aromatic N) is 2. The van der Waals surface area contributed by atoms with Crippen LogP contribution in [0.25, 0.3) is 16.8 Å². The highest BCUT2D eigenvalue weighted by Gasteiger charge is 2.23. The van der Waals surface area contributed by atoms with Gasteiger partial charge in [-0.25, -0.2) is 5.43 Å². The molecule has 2 aliphatic rings. The Balaban J connectivity index is 1.33. The van der Waals surface area contributed by atoms with E-state index in [1.54, 1.807) is 6.20 Å². The fourth-order valence-corrected chi connectivity index (χ4v) is 4.06. The summed E-state index contributed by atoms with van der Waals surface area (Å²) in [5.74, 6) is -0.0448. The van der Waals surface area contributed by atoms with Crippen LogP contribution in [0.3, 0.4) is 0 Å². The van der Waals surface area contributed by atoms with Gasteiger partial charge in [-0.2, -0.15) is 0 Å². The van der Waals surface area contributed by atoms with Crippen molar-refractivity contribution < 1.29 is 9.53 Å². The van der Waals surface area contributed by atoms with E-state index < -0.39 is 0 Å². The highest BCUT2D eigenvalue weighted by atomic mass is 16.5. The highest BCUT2D eigenvalue weighted by molar-refractivity contribution is 5.94. The van der Waals surface area contributed by atoms with Crippen molar-refractivity contribution >= 4 is 11.5 Å². The number of nitrogens with one attached hydrogen (secondary N) is 3. The maximum Gasteiger partial charge on any atom is 0.251 e. The van der Waals surface area contributed by atoms with Crippen molar-refractivity contribution in [3.05, 3.63) is 90.0 Å². The average molecular weight is 428 g/mol. The molecule has 0 radical (unpaired) electrons. The molecule has 3 aromatic rings. The van der Waals surface area contributed by atoms with Crippen LogP contribution >= 0.6 is 0 Å². The number of hydrogen-bond donors (Lipinski definition) is 3. The Morgan fingerprint density at radius 3 is 2.59 bits per heavy atom. The van der Waals surface area contributed by atoms with E-state index in [0.29, 0.717) is 18.8 Å². The van der Waals surface area contributed by atoms with Gasteiger partial charge in [-0.15, -0.1) is 0 Å². The average Bonchev–Trinajstić information content (AvgIpc) is 3.36. The molecule has 1 fully saturated rings. The van der Waals surface area contributed by atoms with E-state index in [9.17, 15) is 4.79 Å². The molecule has 2 aromatic heterocycles. The first-order chi connectivity index (χ1) is 15.8. The minimum atomic E-state index is -0.0448. The molecule has 0 spiro atoms. The second kappa shape index (κ2) is 9.30. The van der Waals surface area contributed by atoms with Crippen molar-refractivity contribution in [2.75, 3.05) is 13.2 Å². The zero-order valence-corrected chi connectivity index (χ0v) is 17.6. The van der Waals surface area contributed by atoms with E-state index in [4.69, 9.17) is 4.74 Å². The summed E-state index contributed by atoms with van der Waals surface area (Å²) >= 11 is 0. The normalized spacial score (nSPS) is 18.6. The predicted molar refractivity (Wildman–Crippen MR) is 122 cm³/mol. The molecular weight excluding hydrogens is 402 g/mol. The van der Waals surface area contributed by atoms with E-state index in [2.05, 4.69) is 32.2 Å². The second-order valence-corrected chi connectivity index (χ2v) is 7.94. The molecule has 4 heterocycles. The Labute approximate surface area is 186 Å². The lowest BCUT2D eigenvalue weighted by atomic mass is 9.97. The van der Waals surface area contributed by atoms with Crippen molar-refractivity contribution in [3.63, 3.8) is 0 Å². The molecule has 0 saturated carbocycles. The van der Waals surface area contributed by atoms with E-state index in [1.165, 1.54) is 0 Å². The highest BCUT2D eigenvalue weighted by Crippen LogP contribution is 2.32. The van der Waals surface area contributed by atoms with E-state index in [0.717, 1.165) is 40.9 Å². The van der Waals surface area contributed by atoms with E-state index >= 15 is 0 Å². The molecule has 1 aromatic carbocycles. The number of hydrazine groups is 1. The number of hydrogen-bond acceptors (Lipinski definition) is 6. The number of carbonyl (C=O) groups excluding carboxylic acids is 1. The molecule has 0 aliphatic carbocycles. The molecule has 32 heavy (non-hydrogen) atoms. The summed E-state index contributed by atoms with van der Waals surface area (Å²) in [6, 6.07) is 17.7. The molecule has 2 aliphatic heterocycles. The predicted octanol–water partition coefficient (Wildman–Crippen LogP) is 3.24. The number of rotatable bonds is 5. The molecule has 1 atom stereocenters. The molecule has 5 rings (SSSR count). The van der Waals surface area contributed by atoms with Crippen molar-refractivity contribution in [3.8, 4) is 11.3 Å². The van der Waals surface area contributed by atoms with E-state index in [1.807, 2.05) is 60.9 Å². The minimum Gasteiger partial charge on any atom is -0.381 e. The standard InChI is InChI=1S/C25H25N5O2/c31-25(29-20-9-13-32-14-10-20)18-6-4-17(5-7-18)23-15-19(8-12-27-23)21-16-28-30-24(21)22-3-1-2-11-26-22/h1-8,11-12,15-16,20,24,28,30H,9-10,13-14H2,(H,29,31). The van der Waals surface area contributed by atoms with Crippen molar-refractivity contribution in [1.82, 2.24) is 26.1 Å². The summed E-state index contributed by atoms with van der Waals surface area (Å²) in [7, 11) is 0. The van der Waals surface area contributed by atoms with Gasteiger partial charge in [-0.1, -0.05) is 18.2 Å². The molecule has 1 amide bonds. The van der Waals surface area contributed by atoms with Gasteiger partial charge < -0.3 is 15.5 Å². The molecular formula is C25H25N5O2. The number of pyridine rings is 2. The van der Waals surface area contributed by atoms with Crippen molar-refractivity contribution in [2.45, 2.75) is 24.9 Å². The van der Waals surface area contributed by atoms with Crippen molar-refractivity contribution in [2.24, 2.45) is 0 Å². The lowest BCUT2D eigenvalue weighted by molar-refractivity contribution is 0.0696. The van der Waals surface area contributed by atoms with Gasteiger partial charge in [0.2, 0.25) is 0 Å². The van der Waals surface area contributed by atoms with Crippen LogP contribution in [-0.2, 0) is 4.74 Å². The Bertz CT molecular complexity index is 1110. The van der Waals surface area contributed by atoms with Crippen LogP contribution in [0, 0.1) is 0 Å². The topological polar surface area (TPSA) is 88.2 Å². The third-order valence-corrected chi connectivity index (χ3v) is 5.84. The summed E-state index contributed by atoms with van der Waals surface area (Å²) in [4.78, 5) is 21.6. The van der Waals surface area contributed by atoms with Crippen molar-refractivity contribution in [1.29, 1.82) is 0 Å². The van der Waals surface area contributed by atoms with Gasteiger partial charge >= 0.3 is 0 Å². The minimum absolute atomic E-state index is 0.0392. The summed E-state index contributed by atoms with van der Waals surface area (Å²) in [6.45, 7) is 1.41. The zero-order chi connectivity index (χ0) is 21.8. The summed E-state index contributed by atoms with van der Waals surface area (Å²) in [5.41, 5.74) is 11.9. The number of ether oxygens (including phenoxy) is 1. The smallest absolute Gasteiger partial charge is 0.251 e. The first kappa shape index (κ1) is 20.4. The molecule has 162 valence electrons. The maximum absolute atomic E-state index is 12.6. The van der Waals surface area contributed by atoms with Crippen LogP contribution in [0.15, 0.2) is 73.2 Å². The maximum atomic E-state index is 12.6. The third-order valence-electron chi connectivity index (χ3n) is 5.84. The van der Waals surface area contributed by atoms with Gasteiger partial charge in [0.15, 0.2) is 0 Å². The van der Waals surface area contributed by atoms with Gasteiger partial charge in [-0.3, -0.25) is 14.8 Å². The summed E-state index contributed by atoms with van der Waals surface area (Å²) in [6.07, 6.45) is 7.29. The largest absolute Gasteiger partial charge is 0.381 e. The third kappa shape index (κ3) is 4.39. The fourth-order valence-electron chi connectivity index (χ4n) is 4.06. The summed E-state index contributed by atoms with van der Waals surface area (Å²) < 4.78 is 5.36. The molecule has 1 unspecified atom stereocenters. The fraction of sp³-hybridized carbons (Fsp3) is 0.240. The zero-order valence-electron chi connectivity index (χ0n) is 17.6. The van der Waals surface area contributed by atoms with Gasteiger partial charge in [0.25, 0.3) is 5.91 Å². The molecule has 7 heteroatoms. The van der Waals surface area contributed by atoms with Gasteiger partial charge in [0.05, 0.1) is 17.4 Å². The Kier molecular flexibility index (Phi) is 5.91. The van der Waals surface area contributed by atoms with Gasteiger partial charge in [0, 0.05) is 54.5 Å². The van der Waals surface area contributed by atoms with Crippen LogP contribution in [0.5, 0.6) is 0 Å². The SMILES string of the molecule is O=C(NC1CCOCC1)c1ccc(-c2cc(C3=CNNC3c3ccccn3)ccn2)cc1. The number of aromatic nitrogens is 2. The Hall–Kier alpha value is -3.55. The first-order valence-electron chi connectivity index (χ1n) is 10.9. The monoisotopic (exact) mass is 427 g/mol. The number of benzene rings is 1. The lowest BCUT2D eigenvalue weighted by Gasteiger charge is -2.23. The van der Waals surface area contributed by atoms with Gasteiger partial charge in [0.1, 0.15) is 0 Å². The Morgan fingerprint density at radius 2 is 1.81 bits per heavy atom. The molecule has 3 N–H and O–H groups in total. The number of amides is 1. The molecule has 7 nitrogen and oxygen atoms in total.